The first-order valence-corrected chi connectivity index (χ1v) is 6.62. The summed E-state index contributed by atoms with van der Waals surface area (Å²) in [5, 5.41) is 3.99. The summed E-state index contributed by atoms with van der Waals surface area (Å²) in [5.74, 6) is 1.05. The molecule has 0 aliphatic carbocycles. The molecule has 0 saturated heterocycles. The van der Waals surface area contributed by atoms with Crippen molar-refractivity contribution in [3.05, 3.63) is 23.8 Å². The van der Waals surface area contributed by atoms with Crippen LogP contribution in [0.2, 0.25) is 0 Å². The largest absolute Gasteiger partial charge is 0.496 e. The van der Waals surface area contributed by atoms with Gasteiger partial charge >= 0.3 is 0 Å². The molecule has 3 heteroatoms. The van der Waals surface area contributed by atoms with Crippen LogP contribution in [0.5, 0.6) is 5.75 Å². The SMILES string of the molecule is CNC(C)CC1Cc2c(OC)cccc2S1. The number of methoxy groups -OCH3 is 1. The van der Waals surface area contributed by atoms with E-state index < -0.39 is 0 Å². The van der Waals surface area contributed by atoms with Gasteiger partial charge in [-0.2, -0.15) is 0 Å². The van der Waals surface area contributed by atoms with Crippen molar-refractivity contribution in [2.75, 3.05) is 14.2 Å². The topological polar surface area (TPSA) is 21.3 Å². The number of rotatable bonds is 4. The average Bonchev–Trinajstić information content (AvgIpc) is 2.70. The lowest BCUT2D eigenvalue weighted by Gasteiger charge is -2.14. The molecule has 0 amide bonds. The van der Waals surface area contributed by atoms with Crippen molar-refractivity contribution in [3.63, 3.8) is 0 Å². The van der Waals surface area contributed by atoms with E-state index in [2.05, 4.69) is 30.4 Å². The molecule has 2 nitrogen and oxygen atoms in total. The van der Waals surface area contributed by atoms with E-state index in [1.54, 1.807) is 7.11 Å². The zero-order chi connectivity index (χ0) is 11.5. The van der Waals surface area contributed by atoms with Crippen molar-refractivity contribution < 1.29 is 4.74 Å². The van der Waals surface area contributed by atoms with Crippen molar-refractivity contribution in [1.29, 1.82) is 0 Å². The number of thioether (sulfide) groups is 1. The Hall–Kier alpha value is -0.670. The van der Waals surface area contributed by atoms with Crippen LogP contribution >= 0.6 is 11.8 Å². The molecule has 1 aliphatic heterocycles. The summed E-state index contributed by atoms with van der Waals surface area (Å²) in [7, 11) is 3.78. The first kappa shape index (κ1) is 11.8. The Labute approximate surface area is 102 Å². The zero-order valence-electron chi connectivity index (χ0n) is 10.1. The van der Waals surface area contributed by atoms with Crippen LogP contribution in [0.4, 0.5) is 0 Å². The Morgan fingerprint density at radius 1 is 1.56 bits per heavy atom. The fourth-order valence-corrected chi connectivity index (χ4v) is 3.62. The maximum Gasteiger partial charge on any atom is 0.123 e. The molecule has 0 spiro atoms. The lowest BCUT2D eigenvalue weighted by Crippen LogP contribution is -2.25. The van der Waals surface area contributed by atoms with Crippen LogP contribution in [0.15, 0.2) is 23.1 Å². The first-order valence-electron chi connectivity index (χ1n) is 5.74. The normalized spacial score (nSPS) is 20.6. The van der Waals surface area contributed by atoms with Crippen molar-refractivity contribution in [3.8, 4) is 5.75 Å². The summed E-state index contributed by atoms with van der Waals surface area (Å²) in [6.45, 7) is 2.24. The molecule has 2 rings (SSSR count). The fraction of sp³-hybridized carbons (Fsp3) is 0.538. The van der Waals surface area contributed by atoms with Crippen LogP contribution in [0.25, 0.3) is 0 Å². The molecule has 0 saturated carbocycles. The molecular weight excluding hydrogens is 218 g/mol. The molecule has 0 bridgehead atoms. The molecule has 1 heterocycles. The Bertz CT molecular complexity index is 367. The summed E-state index contributed by atoms with van der Waals surface area (Å²) in [6, 6.07) is 6.92. The number of benzene rings is 1. The second kappa shape index (κ2) is 5.11. The molecule has 0 aromatic heterocycles. The molecule has 1 aromatic carbocycles. The zero-order valence-corrected chi connectivity index (χ0v) is 10.9. The highest BCUT2D eigenvalue weighted by molar-refractivity contribution is 8.00. The maximum absolute atomic E-state index is 5.41. The minimum Gasteiger partial charge on any atom is -0.496 e. The van der Waals surface area contributed by atoms with Crippen LogP contribution in [-0.2, 0) is 6.42 Å². The van der Waals surface area contributed by atoms with Gasteiger partial charge in [0, 0.05) is 21.8 Å². The van der Waals surface area contributed by atoms with Gasteiger partial charge < -0.3 is 10.1 Å². The molecule has 1 N–H and O–H groups in total. The van der Waals surface area contributed by atoms with E-state index in [9.17, 15) is 0 Å². The van der Waals surface area contributed by atoms with Gasteiger partial charge in [0.25, 0.3) is 0 Å². The minimum atomic E-state index is 0.581. The highest BCUT2D eigenvalue weighted by Gasteiger charge is 2.25. The molecule has 0 fully saturated rings. The van der Waals surface area contributed by atoms with Crippen molar-refractivity contribution in [1.82, 2.24) is 5.32 Å². The van der Waals surface area contributed by atoms with E-state index in [0.29, 0.717) is 11.3 Å². The molecule has 1 aromatic rings. The van der Waals surface area contributed by atoms with E-state index in [4.69, 9.17) is 4.74 Å². The van der Waals surface area contributed by atoms with Crippen LogP contribution in [-0.4, -0.2) is 25.4 Å². The molecule has 2 unspecified atom stereocenters. The smallest absolute Gasteiger partial charge is 0.123 e. The van der Waals surface area contributed by atoms with Crippen LogP contribution in [0, 0.1) is 0 Å². The lowest BCUT2D eigenvalue weighted by molar-refractivity contribution is 0.407. The summed E-state index contributed by atoms with van der Waals surface area (Å²) in [5.41, 5.74) is 1.39. The van der Waals surface area contributed by atoms with Crippen molar-refractivity contribution in [2.24, 2.45) is 0 Å². The quantitative estimate of drug-likeness (QED) is 0.870. The average molecular weight is 237 g/mol. The van der Waals surface area contributed by atoms with Crippen LogP contribution in [0.3, 0.4) is 0 Å². The van der Waals surface area contributed by atoms with Gasteiger partial charge in [0.1, 0.15) is 5.75 Å². The molecule has 2 atom stereocenters. The van der Waals surface area contributed by atoms with Crippen molar-refractivity contribution in [2.45, 2.75) is 36.0 Å². The van der Waals surface area contributed by atoms with Gasteiger partial charge in [-0.05, 0) is 38.9 Å². The Morgan fingerprint density at radius 2 is 2.38 bits per heavy atom. The Morgan fingerprint density at radius 3 is 3.06 bits per heavy atom. The second-order valence-electron chi connectivity index (χ2n) is 4.31. The predicted octanol–water partition coefficient (Wildman–Crippen LogP) is 2.71. The van der Waals surface area contributed by atoms with E-state index in [0.717, 1.165) is 12.2 Å². The van der Waals surface area contributed by atoms with Gasteiger partial charge in [0.2, 0.25) is 0 Å². The van der Waals surface area contributed by atoms with Crippen LogP contribution < -0.4 is 10.1 Å². The lowest BCUT2D eigenvalue weighted by atomic mass is 10.0. The maximum atomic E-state index is 5.41. The van der Waals surface area contributed by atoms with Gasteiger partial charge in [-0.15, -0.1) is 11.8 Å². The minimum absolute atomic E-state index is 0.581. The van der Waals surface area contributed by atoms with Crippen LogP contribution in [0.1, 0.15) is 18.9 Å². The third-order valence-corrected chi connectivity index (χ3v) is 4.47. The standard InChI is InChI=1S/C13H19NOS/c1-9(14-2)7-10-8-11-12(15-3)5-4-6-13(11)16-10/h4-6,9-10,14H,7-8H2,1-3H3. The van der Waals surface area contributed by atoms with Gasteiger partial charge in [-0.3, -0.25) is 0 Å². The number of ether oxygens (including phenoxy) is 1. The van der Waals surface area contributed by atoms with Gasteiger partial charge in [0.05, 0.1) is 7.11 Å². The third-order valence-electron chi connectivity index (χ3n) is 3.14. The van der Waals surface area contributed by atoms with Gasteiger partial charge in [-0.1, -0.05) is 6.07 Å². The number of hydrogen-bond donors (Lipinski definition) is 1. The molecule has 88 valence electrons. The first-order chi connectivity index (χ1) is 7.74. The fourth-order valence-electron chi connectivity index (χ4n) is 2.14. The summed E-state index contributed by atoms with van der Waals surface area (Å²) < 4.78 is 5.41. The molecule has 16 heavy (non-hydrogen) atoms. The van der Waals surface area contributed by atoms with E-state index >= 15 is 0 Å². The predicted molar refractivity (Wildman–Crippen MR) is 69.5 cm³/mol. The monoisotopic (exact) mass is 237 g/mol. The molecule has 1 aliphatic rings. The number of hydrogen-bond acceptors (Lipinski definition) is 3. The Kier molecular flexibility index (Phi) is 3.77. The molecular formula is C13H19NOS. The summed E-state index contributed by atoms with van der Waals surface area (Å²) in [6.07, 6.45) is 2.34. The number of fused-ring (bicyclic) bond motifs is 1. The van der Waals surface area contributed by atoms with Gasteiger partial charge in [0.15, 0.2) is 0 Å². The van der Waals surface area contributed by atoms with Crippen molar-refractivity contribution >= 4 is 11.8 Å². The highest BCUT2D eigenvalue weighted by Crippen LogP contribution is 2.42. The summed E-state index contributed by atoms with van der Waals surface area (Å²) in [4.78, 5) is 1.40. The number of nitrogens with one attached hydrogen (secondary N) is 1. The van der Waals surface area contributed by atoms with Gasteiger partial charge in [-0.25, -0.2) is 0 Å². The third kappa shape index (κ3) is 2.36. The second-order valence-corrected chi connectivity index (χ2v) is 5.65. The van der Waals surface area contributed by atoms with E-state index in [1.165, 1.54) is 16.9 Å². The van der Waals surface area contributed by atoms with E-state index in [-0.39, 0.29) is 0 Å². The van der Waals surface area contributed by atoms with E-state index in [1.807, 2.05) is 18.8 Å². The molecule has 0 radical (unpaired) electrons. The Balaban J connectivity index is 2.09. The highest BCUT2D eigenvalue weighted by atomic mass is 32.2. The summed E-state index contributed by atoms with van der Waals surface area (Å²) >= 11 is 1.99.